The highest BCUT2D eigenvalue weighted by molar-refractivity contribution is 5.93. The Bertz CT molecular complexity index is 349. The minimum Gasteiger partial charge on any atom is -0.368 e. The van der Waals surface area contributed by atoms with Crippen LogP contribution in [0.15, 0.2) is 4.99 Å². The van der Waals surface area contributed by atoms with Crippen LogP contribution in [0.4, 0.5) is 0 Å². The summed E-state index contributed by atoms with van der Waals surface area (Å²) in [5, 5.41) is 7.19. The molecule has 0 saturated carbocycles. The van der Waals surface area contributed by atoms with Gasteiger partial charge in [0.25, 0.3) is 0 Å². The molecule has 1 spiro atoms. The van der Waals surface area contributed by atoms with Gasteiger partial charge in [-0.3, -0.25) is 9.89 Å². The van der Waals surface area contributed by atoms with Crippen LogP contribution in [-0.2, 0) is 0 Å². The van der Waals surface area contributed by atoms with Crippen molar-refractivity contribution in [2.45, 2.75) is 57.2 Å². The number of hydrogen-bond donors (Lipinski definition) is 2. The number of nitrogens with zero attached hydrogens (tertiary/aromatic N) is 2. The molecule has 102 valence electrons. The molecule has 3 aliphatic heterocycles. The quantitative estimate of drug-likeness (QED) is 0.673. The van der Waals surface area contributed by atoms with Crippen LogP contribution in [0.25, 0.3) is 0 Å². The van der Waals surface area contributed by atoms with Crippen LogP contribution in [-0.4, -0.2) is 54.0 Å². The van der Waals surface area contributed by atoms with Crippen molar-refractivity contribution in [3.63, 3.8) is 0 Å². The summed E-state index contributed by atoms with van der Waals surface area (Å²) in [6, 6.07) is 0.537. The maximum absolute atomic E-state index is 5.04. The Kier molecular flexibility index (Phi) is 2.90. The normalized spacial score (nSPS) is 34.5. The Morgan fingerprint density at radius 3 is 2.72 bits per heavy atom. The molecule has 4 heteroatoms. The molecule has 2 atom stereocenters. The van der Waals surface area contributed by atoms with E-state index in [4.69, 9.17) is 4.99 Å². The Morgan fingerprint density at radius 2 is 2.06 bits per heavy atom. The molecule has 18 heavy (non-hydrogen) atoms. The van der Waals surface area contributed by atoms with E-state index in [1.807, 2.05) is 0 Å². The predicted octanol–water partition coefficient (Wildman–Crippen LogP) is 0.983. The molecule has 0 aromatic heterocycles. The number of rotatable bonds is 0. The molecule has 4 nitrogen and oxygen atoms in total. The highest BCUT2D eigenvalue weighted by atomic mass is 15.3. The minimum atomic E-state index is 0.106. The van der Waals surface area contributed by atoms with Crippen LogP contribution in [0.1, 0.15) is 40.0 Å². The number of nitrogens with one attached hydrogen (secondary N) is 2. The van der Waals surface area contributed by atoms with Crippen molar-refractivity contribution >= 4 is 5.84 Å². The first-order chi connectivity index (χ1) is 8.50. The van der Waals surface area contributed by atoms with Crippen molar-refractivity contribution in [3.05, 3.63) is 0 Å². The van der Waals surface area contributed by atoms with Crippen LogP contribution in [0, 0.1) is 0 Å². The average Bonchev–Trinajstić information content (AvgIpc) is 2.71. The molecular weight excluding hydrogens is 224 g/mol. The summed E-state index contributed by atoms with van der Waals surface area (Å²) in [7, 11) is 0. The molecule has 0 aromatic carbocycles. The third-order valence-electron chi connectivity index (χ3n) is 4.45. The summed E-state index contributed by atoms with van der Waals surface area (Å²) < 4.78 is 0. The lowest BCUT2D eigenvalue weighted by Crippen LogP contribution is -2.66. The fourth-order valence-corrected chi connectivity index (χ4v) is 3.59. The molecule has 2 fully saturated rings. The lowest BCUT2D eigenvalue weighted by atomic mass is 9.83. The fourth-order valence-electron chi connectivity index (χ4n) is 3.59. The average molecular weight is 250 g/mol. The standard InChI is InChI=1S/C14H26N4/c1-13(2,3)17-12-14(5-7-15-8-6-14)18-9-4-11(10-18)16-12/h11,15H,4-10H2,1-3H3,(H,16,17)/t11-/m0/s1. The van der Waals surface area contributed by atoms with E-state index in [9.17, 15) is 0 Å². The zero-order chi connectivity index (χ0) is 12.8. The zero-order valence-electron chi connectivity index (χ0n) is 11.9. The van der Waals surface area contributed by atoms with Gasteiger partial charge < -0.3 is 10.6 Å². The fraction of sp³-hybridized carbons (Fsp3) is 0.929. The Hall–Kier alpha value is -0.610. The van der Waals surface area contributed by atoms with Crippen molar-refractivity contribution in [2.75, 3.05) is 26.2 Å². The molecule has 1 unspecified atom stereocenters. The van der Waals surface area contributed by atoms with E-state index in [0.717, 1.165) is 13.1 Å². The van der Waals surface area contributed by atoms with E-state index in [1.165, 1.54) is 38.2 Å². The molecule has 0 aromatic rings. The van der Waals surface area contributed by atoms with Gasteiger partial charge in [-0.1, -0.05) is 0 Å². The van der Waals surface area contributed by atoms with Crippen molar-refractivity contribution in [3.8, 4) is 0 Å². The van der Waals surface area contributed by atoms with E-state index in [1.54, 1.807) is 0 Å². The van der Waals surface area contributed by atoms with Gasteiger partial charge >= 0.3 is 0 Å². The summed E-state index contributed by atoms with van der Waals surface area (Å²) in [5.41, 5.74) is 0.306. The topological polar surface area (TPSA) is 39.7 Å². The molecule has 2 saturated heterocycles. The number of fused-ring (bicyclic) bond motifs is 3. The molecule has 3 heterocycles. The molecule has 0 amide bonds. The Morgan fingerprint density at radius 1 is 1.33 bits per heavy atom. The second-order valence-corrected chi connectivity index (χ2v) is 7.02. The molecule has 2 bridgehead atoms. The van der Waals surface area contributed by atoms with E-state index in [2.05, 4.69) is 36.3 Å². The minimum absolute atomic E-state index is 0.106. The second-order valence-electron chi connectivity index (χ2n) is 7.02. The van der Waals surface area contributed by atoms with Crippen LogP contribution in [0.3, 0.4) is 0 Å². The number of piperidine rings is 1. The summed E-state index contributed by atoms with van der Waals surface area (Å²) in [5.74, 6) is 1.27. The molecule has 3 rings (SSSR count). The van der Waals surface area contributed by atoms with Gasteiger partial charge in [-0.05, 0) is 53.1 Å². The van der Waals surface area contributed by atoms with Gasteiger partial charge in [0.05, 0.1) is 11.6 Å². The van der Waals surface area contributed by atoms with Crippen molar-refractivity contribution < 1.29 is 0 Å². The van der Waals surface area contributed by atoms with Crippen LogP contribution >= 0.6 is 0 Å². The molecular formula is C14H26N4. The number of amidine groups is 1. The van der Waals surface area contributed by atoms with Gasteiger partial charge in [0.1, 0.15) is 5.84 Å². The van der Waals surface area contributed by atoms with Crippen molar-refractivity contribution in [2.24, 2.45) is 4.99 Å². The first-order valence-electron chi connectivity index (χ1n) is 7.32. The Balaban J connectivity index is 1.92. The van der Waals surface area contributed by atoms with Gasteiger partial charge in [-0.15, -0.1) is 0 Å². The summed E-state index contributed by atoms with van der Waals surface area (Å²) in [6.45, 7) is 11.3. The van der Waals surface area contributed by atoms with E-state index < -0.39 is 0 Å². The van der Waals surface area contributed by atoms with E-state index in [-0.39, 0.29) is 11.1 Å². The lowest BCUT2D eigenvalue weighted by molar-refractivity contribution is 0.130. The third kappa shape index (κ3) is 2.05. The summed E-state index contributed by atoms with van der Waals surface area (Å²) in [4.78, 5) is 7.73. The van der Waals surface area contributed by atoms with Crippen LogP contribution in [0.5, 0.6) is 0 Å². The van der Waals surface area contributed by atoms with Crippen molar-refractivity contribution in [1.82, 2.24) is 15.5 Å². The van der Waals surface area contributed by atoms with E-state index >= 15 is 0 Å². The van der Waals surface area contributed by atoms with Crippen molar-refractivity contribution in [1.29, 1.82) is 0 Å². The molecule has 0 aliphatic carbocycles. The van der Waals surface area contributed by atoms with Crippen LogP contribution < -0.4 is 10.6 Å². The lowest BCUT2D eigenvalue weighted by Gasteiger charge is -2.49. The second kappa shape index (κ2) is 4.20. The third-order valence-corrected chi connectivity index (χ3v) is 4.45. The number of aliphatic imine (C=N–C) groups is 1. The molecule has 0 radical (unpaired) electrons. The maximum Gasteiger partial charge on any atom is 0.118 e. The van der Waals surface area contributed by atoms with Gasteiger partial charge in [-0.25, -0.2) is 0 Å². The highest BCUT2D eigenvalue weighted by Crippen LogP contribution is 2.36. The highest BCUT2D eigenvalue weighted by Gasteiger charge is 2.49. The van der Waals surface area contributed by atoms with Gasteiger partial charge in [0.2, 0.25) is 0 Å². The Labute approximate surface area is 110 Å². The molecule has 2 N–H and O–H groups in total. The van der Waals surface area contributed by atoms with Gasteiger partial charge in [0, 0.05) is 18.6 Å². The van der Waals surface area contributed by atoms with Gasteiger partial charge in [-0.2, -0.15) is 0 Å². The van der Waals surface area contributed by atoms with Gasteiger partial charge in [0.15, 0.2) is 0 Å². The number of hydrogen-bond acceptors (Lipinski definition) is 4. The summed E-state index contributed by atoms with van der Waals surface area (Å²) in [6.07, 6.45) is 3.63. The molecule has 3 aliphatic rings. The smallest absolute Gasteiger partial charge is 0.118 e. The van der Waals surface area contributed by atoms with E-state index in [0.29, 0.717) is 6.04 Å². The monoisotopic (exact) mass is 250 g/mol. The SMILES string of the molecule is CC(C)(C)NC1=N[C@H]2CCN(C2)C12CCNCC2. The van der Waals surface area contributed by atoms with Crippen LogP contribution in [0.2, 0.25) is 0 Å². The first kappa shape index (κ1) is 12.4. The zero-order valence-corrected chi connectivity index (χ0v) is 11.9. The maximum atomic E-state index is 5.04. The predicted molar refractivity (Wildman–Crippen MR) is 75.1 cm³/mol. The largest absolute Gasteiger partial charge is 0.368 e. The first-order valence-corrected chi connectivity index (χ1v) is 7.32. The summed E-state index contributed by atoms with van der Waals surface area (Å²) >= 11 is 0.